The van der Waals surface area contributed by atoms with Crippen molar-refractivity contribution in [3.05, 3.63) is 42.0 Å². The number of carbonyl (C=O) groups excluding carboxylic acids is 1. The molecule has 0 aliphatic carbocycles. The van der Waals surface area contributed by atoms with Gasteiger partial charge in [0, 0.05) is 44.2 Å². The molecule has 184 valence electrons. The van der Waals surface area contributed by atoms with Crippen molar-refractivity contribution < 1.29 is 32.2 Å². The molecule has 2 aliphatic heterocycles. The molecule has 2 aromatic carbocycles. The number of benzene rings is 2. The average Bonchev–Trinajstić information content (AvgIpc) is 3.10. The van der Waals surface area contributed by atoms with Crippen molar-refractivity contribution in [3.63, 3.8) is 0 Å². The Morgan fingerprint density at radius 1 is 0.882 bits per heavy atom. The van der Waals surface area contributed by atoms with E-state index in [0.29, 0.717) is 68.1 Å². The molecule has 1 amide bonds. The molecule has 0 spiro atoms. The van der Waals surface area contributed by atoms with Crippen LogP contribution in [0.1, 0.15) is 30.6 Å². The fourth-order valence-corrected chi connectivity index (χ4v) is 5.39. The van der Waals surface area contributed by atoms with Gasteiger partial charge in [-0.2, -0.15) is 4.31 Å². The fourth-order valence-electron chi connectivity index (χ4n) is 3.95. The van der Waals surface area contributed by atoms with E-state index in [1.54, 1.807) is 29.2 Å². The van der Waals surface area contributed by atoms with E-state index in [1.165, 1.54) is 16.4 Å². The molecule has 0 aromatic heterocycles. The second-order valence-electron chi connectivity index (χ2n) is 7.88. The maximum absolute atomic E-state index is 13.2. The molecule has 0 unspecified atom stereocenters. The van der Waals surface area contributed by atoms with Crippen molar-refractivity contribution in [2.45, 2.75) is 25.2 Å². The number of fused-ring (bicyclic) bond motifs is 1. The second-order valence-corrected chi connectivity index (χ2v) is 9.82. The van der Waals surface area contributed by atoms with Crippen LogP contribution in [0.25, 0.3) is 0 Å². The molecule has 1 saturated heterocycles. The van der Waals surface area contributed by atoms with E-state index in [1.807, 2.05) is 13.8 Å². The molecule has 2 heterocycles. The van der Waals surface area contributed by atoms with Gasteiger partial charge in [-0.1, -0.05) is 0 Å². The largest absolute Gasteiger partial charge is 0.490 e. The van der Waals surface area contributed by atoms with E-state index in [2.05, 4.69) is 0 Å². The van der Waals surface area contributed by atoms with Crippen LogP contribution >= 0.6 is 0 Å². The van der Waals surface area contributed by atoms with Crippen LogP contribution in [0, 0.1) is 0 Å². The third-order valence-corrected chi connectivity index (χ3v) is 7.57. The van der Waals surface area contributed by atoms with Gasteiger partial charge in [0.2, 0.25) is 10.0 Å². The Kier molecular flexibility index (Phi) is 7.47. The predicted octanol–water partition coefficient (Wildman–Crippen LogP) is 2.79. The number of sulfonamides is 1. The van der Waals surface area contributed by atoms with Gasteiger partial charge in [-0.05, 0) is 44.2 Å². The van der Waals surface area contributed by atoms with Crippen LogP contribution in [0.5, 0.6) is 23.0 Å². The molecule has 0 atom stereocenters. The monoisotopic (exact) mass is 490 g/mol. The van der Waals surface area contributed by atoms with Crippen molar-refractivity contribution in [1.29, 1.82) is 0 Å². The molecule has 0 N–H and O–H groups in total. The molecular formula is C24H30N2O7S. The summed E-state index contributed by atoms with van der Waals surface area (Å²) in [5.41, 5.74) is 0.478. The standard InChI is InChI=1S/C24H30N2O7S/c1-3-30-20-8-6-18(16-22(20)31-4-2)24(27)25-10-12-26(13-11-25)34(28,29)19-7-9-21-23(17-19)33-15-5-14-32-21/h6-9,16-17H,3-5,10-15H2,1-2H3. The van der Waals surface area contributed by atoms with Gasteiger partial charge in [-0.3, -0.25) is 4.79 Å². The first-order valence-corrected chi connectivity index (χ1v) is 13.0. The fraction of sp³-hybridized carbons (Fsp3) is 0.458. The lowest BCUT2D eigenvalue weighted by Gasteiger charge is -2.34. The lowest BCUT2D eigenvalue weighted by atomic mass is 10.1. The van der Waals surface area contributed by atoms with Gasteiger partial charge in [0.1, 0.15) is 0 Å². The first-order valence-electron chi connectivity index (χ1n) is 11.5. The van der Waals surface area contributed by atoms with E-state index >= 15 is 0 Å². The molecule has 0 radical (unpaired) electrons. The van der Waals surface area contributed by atoms with Crippen molar-refractivity contribution in [2.75, 3.05) is 52.6 Å². The van der Waals surface area contributed by atoms with Crippen LogP contribution in [0.2, 0.25) is 0 Å². The first kappa shape index (κ1) is 24.2. The number of ether oxygens (including phenoxy) is 4. The van der Waals surface area contributed by atoms with Gasteiger partial charge < -0.3 is 23.8 Å². The maximum Gasteiger partial charge on any atom is 0.254 e. The van der Waals surface area contributed by atoms with Gasteiger partial charge >= 0.3 is 0 Å². The van der Waals surface area contributed by atoms with Crippen LogP contribution < -0.4 is 18.9 Å². The highest BCUT2D eigenvalue weighted by atomic mass is 32.2. The maximum atomic E-state index is 13.2. The van der Waals surface area contributed by atoms with Gasteiger partial charge in [0.15, 0.2) is 23.0 Å². The molecular weight excluding hydrogens is 460 g/mol. The zero-order chi connectivity index (χ0) is 24.1. The summed E-state index contributed by atoms with van der Waals surface area (Å²) in [7, 11) is -3.72. The summed E-state index contributed by atoms with van der Waals surface area (Å²) < 4.78 is 50.3. The lowest BCUT2D eigenvalue weighted by molar-refractivity contribution is 0.0697. The summed E-state index contributed by atoms with van der Waals surface area (Å²) >= 11 is 0. The van der Waals surface area contributed by atoms with Crippen LogP contribution in [0.15, 0.2) is 41.3 Å². The number of rotatable bonds is 7. The number of amides is 1. The molecule has 4 rings (SSSR count). The Balaban J connectivity index is 1.44. The van der Waals surface area contributed by atoms with Gasteiger partial charge in [0.25, 0.3) is 5.91 Å². The van der Waals surface area contributed by atoms with Gasteiger partial charge in [0.05, 0.1) is 31.3 Å². The number of carbonyl (C=O) groups is 1. The number of nitrogens with zero attached hydrogens (tertiary/aromatic N) is 2. The first-order chi connectivity index (χ1) is 16.4. The highest BCUT2D eigenvalue weighted by Gasteiger charge is 2.31. The highest BCUT2D eigenvalue weighted by Crippen LogP contribution is 2.33. The van der Waals surface area contributed by atoms with E-state index in [9.17, 15) is 13.2 Å². The Labute approximate surface area is 200 Å². The van der Waals surface area contributed by atoms with Crippen molar-refractivity contribution >= 4 is 15.9 Å². The normalized spacial score (nSPS) is 16.6. The quantitative estimate of drug-likeness (QED) is 0.589. The summed E-state index contributed by atoms with van der Waals surface area (Å²) in [6, 6.07) is 9.80. The molecule has 10 heteroatoms. The molecule has 34 heavy (non-hydrogen) atoms. The zero-order valence-electron chi connectivity index (χ0n) is 19.5. The minimum atomic E-state index is -3.72. The van der Waals surface area contributed by atoms with E-state index in [0.717, 1.165) is 6.42 Å². The van der Waals surface area contributed by atoms with Gasteiger partial charge in [-0.25, -0.2) is 8.42 Å². The van der Waals surface area contributed by atoms with Crippen molar-refractivity contribution in [2.24, 2.45) is 0 Å². The minimum Gasteiger partial charge on any atom is -0.490 e. The number of piperazine rings is 1. The third kappa shape index (κ3) is 5.07. The van der Waals surface area contributed by atoms with E-state index < -0.39 is 10.0 Å². The smallest absolute Gasteiger partial charge is 0.254 e. The lowest BCUT2D eigenvalue weighted by Crippen LogP contribution is -2.50. The Hall–Kier alpha value is -2.98. The molecule has 2 aliphatic rings. The predicted molar refractivity (Wildman–Crippen MR) is 125 cm³/mol. The van der Waals surface area contributed by atoms with E-state index in [-0.39, 0.29) is 23.9 Å². The summed E-state index contributed by atoms with van der Waals surface area (Å²) in [5.74, 6) is 1.93. The van der Waals surface area contributed by atoms with Crippen LogP contribution in [-0.4, -0.2) is 76.1 Å². The SMILES string of the molecule is CCOc1ccc(C(=O)N2CCN(S(=O)(=O)c3ccc4c(c3)OCCCO4)CC2)cc1OCC. The molecule has 9 nitrogen and oxygen atoms in total. The van der Waals surface area contributed by atoms with Crippen LogP contribution in [0.4, 0.5) is 0 Å². The second kappa shape index (κ2) is 10.5. The minimum absolute atomic E-state index is 0.157. The van der Waals surface area contributed by atoms with Gasteiger partial charge in [-0.15, -0.1) is 0 Å². The Morgan fingerprint density at radius 3 is 2.26 bits per heavy atom. The third-order valence-electron chi connectivity index (χ3n) is 5.67. The molecule has 0 saturated carbocycles. The van der Waals surface area contributed by atoms with Crippen LogP contribution in [-0.2, 0) is 10.0 Å². The molecule has 0 bridgehead atoms. The Morgan fingerprint density at radius 2 is 1.56 bits per heavy atom. The van der Waals surface area contributed by atoms with Crippen molar-refractivity contribution in [3.8, 4) is 23.0 Å². The van der Waals surface area contributed by atoms with Crippen molar-refractivity contribution in [1.82, 2.24) is 9.21 Å². The van der Waals surface area contributed by atoms with E-state index in [4.69, 9.17) is 18.9 Å². The zero-order valence-corrected chi connectivity index (χ0v) is 20.3. The Bertz CT molecular complexity index is 1130. The molecule has 2 aromatic rings. The topological polar surface area (TPSA) is 94.6 Å². The van der Waals surface area contributed by atoms with Crippen LogP contribution in [0.3, 0.4) is 0 Å². The number of hydrogen-bond donors (Lipinski definition) is 0. The average molecular weight is 491 g/mol. The molecule has 1 fully saturated rings. The highest BCUT2D eigenvalue weighted by molar-refractivity contribution is 7.89. The summed E-state index contributed by atoms with van der Waals surface area (Å²) in [4.78, 5) is 14.9. The summed E-state index contributed by atoms with van der Waals surface area (Å²) in [6.45, 7) is 6.71. The summed E-state index contributed by atoms with van der Waals surface area (Å²) in [5, 5.41) is 0. The number of hydrogen-bond acceptors (Lipinski definition) is 7. The summed E-state index contributed by atoms with van der Waals surface area (Å²) in [6.07, 6.45) is 0.743.